The summed E-state index contributed by atoms with van der Waals surface area (Å²) in [5.74, 6) is 0.622. The van der Waals surface area contributed by atoms with E-state index in [0.29, 0.717) is 12.3 Å². The maximum absolute atomic E-state index is 11.7. The van der Waals surface area contributed by atoms with Crippen LogP contribution >= 0.6 is 0 Å². The highest BCUT2D eigenvalue weighted by Gasteiger charge is 2.35. The molecule has 5 nitrogen and oxygen atoms in total. The summed E-state index contributed by atoms with van der Waals surface area (Å²) < 4.78 is 26.0. The molecule has 1 fully saturated rings. The monoisotopic (exact) mass is 247 g/mol. The lowest BCUT2D eigenvalue weighted by Crippen LogP contribution is -2.46. The third kappa shape index (κ3) is 4.49. The predicted octanol–water partition coefficient (Wildman–Crippen LogP) is 0.666. The molecule has 0 aromatic carbocycles. The smallest absolute Gasteiger partial charge is 0.212 e. The molecule has 94 valence electrons. The van der Waals surface area contributed by atoms with Crippen LogP contribution in [0, 0.1) is 17.2 Å². The van der Waals surface area contributed by atoms with Gasteiger partial charge in [0.15, 0.2) is 0 Å². The highest BCUT2D eigenvalue weighted by atomic mass is 32.2. The average molecular weight is 247 g/mol. The molecule has 0 spiro atoms. The van der Waals surface area contributed by atoms with Crippen LogP contribution in [-0.2, 0) is 10.0 Å². The second kappa shape index (κ2) is 5.14. The topological polar surface area (TPSA) is 96.0 Å². The molecule has 0 amide bonds. The van der Waals surface area contributed by atoms with Crippen LogP contribution in [0.25, 0.3) is 0 Å². The first-order valence-electron chi connectivity index (χ1n) is 5.65. The highest BCUT2D eigenvalue weighted by molar-refractivity contribution is 7.89. The summed E-state index contributed by atoms with van der Waals surface area (Å²) in [6.45, 7) is 3.97. The van der Waals surface area contributed by atoms with Crippen LogP contribution in [0.2, 0.25) is 0 Å². The molecule has 4 N–H and O–H groups in total. The maximum atomic E-state index is 11.7. The molecule has 1 aliphatic rings. The number of amidine groups is 1. The molecule has 0 radical (unpaired) electrons. The van der Waals surface area contributed by atoms with Crippen LogP contribution in [0.5, 0.6) is 0 Å². The van der Waals surface area contributed by atoms with Gasteiger partial charge in [0.1, 0.15) is 5.84 Å². The summed E-state index contributed by atoms with van der Waals surface area (Å²) in [6, 6.07) is -0.489. The zero-order chi connectivity index (χ0) is 12.3. The van der Waals surface area contributed by atoms with Crippen molar-refractivity contribution in [2.45, 2.75) is 39.2 Å². The summed E-state index contributed by atoms with van der Waals surface area (Å²) in [5.41, 5.74) is 5.40. The standard InChI is InChI=1S/C10H21N3O2S/c1-7(2)5-6-16(14,15)13-9(10(11)12)8-3-4-8/h7-9,13H,3-6H2,1-2H3,(H3,11,12). The van der Waals surface area contributed by atoms with Gasteiger partial charge in [-0.1, -0.05) is 13.8 Å². The van der Waals surface area contributed by atoms with Gasteiger partial charge in [-0.3, -0.25) is 5.41 Å². The maximum Gasteiger partial charge on any atom is 0.212 e. The molecule has 1 atom stereocenters. The van der Waals surface area contributed by atoms with E-state index in [-0.39, 0.29) is 17.5 Å². The quantitative estimate of drug-likeness (QED) is 0.455. The molecule has 0 aromatic rings. The number of rotatable bonds is 7. The fourth-order valence-corrected chi connectivity index (χ4v) is 3.09. The highest BCUT2D eigenvalue weighted by Crippen LogP contribution is 2.32. The summed E-state index contributed by atoms with van der Waals surface area (Å²) in [6.07, 6.45) is 2.54. The van der Waals surface area contributed by atoms with E-state index in [1.807, 2.05) is 13.8 Å². The Kier molecular flexibility index (Phi) is 4.32. The van der Waals surface area contributed by atoms with Crippen molar-refractivity contribution in [2.24, 2.45) is 17.6 Å². The Morgan fingerprint density at radius 1 is 1.50 bits per heavy atom. The van der Waals surface area contributed by atoms with Gasteiger partial charge in [0.2, 0.25) is 10.0 Å². The largest absolute Gasteiger partial charge is 0.386 e. The zero-order valence-electron chi connectivity index (χ0n) is 9.86. The second-order valence-electron chi connectivity index (χ2n) is 4.89. The van der Waals surface area contributed by atoms with Crippen molar-refractivity contribution in [1.82, 2.24) is 4.72 Å². The lowest BCUT2D eigenvalue weighted by atomic mass is 10.2. The fraction of sp³-hybridized carbons (Fsp3) is 0.900. The first-order valence-corrected chi connectivity index (χ1v) is 7.31. The molecule has 0 aromatic heterocycles. The van der Waals surface area contributed by atoms with Crippen LogP contribution in [-0.4, -0.2) is 26.0 Å². The molecular formula is C10H21N3O2S. The van der Waals surface area contributed by atoms with Crippen molar-refractivity contribution in [3.05, 3.63) is 0 Å². The van der Waals surface area contributed by atoms with Crippen LogP contribution < -0.4 is 10.5 Å². The minimum atomic E-state index is -3.30. The normalized spacial score (nSPS) is 18.7. The summed E-state index contributed by atoms with van der Waals surface area (Å²) in [4.78, 5) is 0. The molecule has 1 aliphatic carbocycles. The Morgan fingerprint density at radius 2 is 2.06 bits per heavy atom. The molecule has 6 heteroatoms. The van der Waals surface area contributed by atoms with Crippen molar-refractivity contribution in [1.29, 1.82) is 5.41 Å². The van der Waals surface area contributed by atoms with E-state index in [1.54, 1.807) is 0 Å². The van der Waals surface area contributed by atoms with E-state index in [4.69, 9.17) is 11.1 Å². The van der Waals surface area contributed by atoms with E-state index in [9.17, 15) is 8.42 Å². The lowest BCUT2D eigenvalue weighted by Gasteiger charge is -2.17. The van der Waals surface area contributed by atoms with Crippen LogP contribution in [0.4, 0.5) is 0 Å². The first-order chi connectivity index (χ1) is 7.32. The van der Waals surface area contributed by atoms with Gasteiger partial charge in [-0.25, -0.2) is 13.1 Å². The SMILES string of the molecule is CC(C)CCS(=O)(=O)NC(C(=N)N)C1CC1. The molecule has 0 heterocycles. The van der Waals surface area contributed by atoms with Gasteiger partial charge in [-0.15, -0.1) is 0 Å². The molecule has 0 aliphatic heterocycles. The Morgan fingerprint density at radius 3 is 2.44 bits per heavy atom. The van der Waals surface area contributed by atoms with E-state index >= 15 is 0 Å². The third-order valence-electron chi connectivity index (χ3n) is 2.70. The summed E-state index contributed by atoms with van der Waals surface area (Å²) in [7, 11) is -3.30. The van der Waals surface area contributed by atoms with Gasteiger partial charge in [-0.05, 0) is 31.1 Å². The van der Waals surface area contributed by atoms with Gasteiger partial charge >= 0.3 is 0 Å². The van der Waals surface area contributed by atoms with E-state index in [0.717, 1.165) is 12.8 Å². The van der Waals surface area contributed by atoms with Gasteiger partial charge in [0, 0.05) is 0 Å². The predicted molar refractivity (Wildman–Crippen MR) is 64.8 cm³/mol. The fourth-order valence-electron chi connectivity index (χ4n) is 1.49. The number of nitrogens with two attached hydrogens (primary N) is 1. The van der Waals surface area contributed by atoms with Crippen molar-refractivity contribution in [3.8, 4) is 0 Å². The van der Waals surface area contributed by atoms with Gasteiger partial charge in [-0.2, -0.15) is 0 Å². The van der Waals surface area contributed by atoms with E-state index in [2.05, 4.69) is 4.72 Å². The Bertz CT molecular complexity index is 347. The van der Waals surface area contributed by atoms with Gasteiger partial charge in [0.25, 0.3) is 0 Å². The van der Waals surface area contributed by atoms with Crippen molar-refractivity contribution < 1.29 is 8.42 Å². The molecule has 0 bridgehead atoms. The molecule has 16 heavy (non-hydrogen) atoms. The van der Waals surface area contributed by atoms with Gasteiger partial charge in [0.05, 0.1) is 11.8 Å². The molecule has 1 saturated carbocycles. The minimum absolute atomic E-state index is 0.0735. The van der Waals surface area contributed by atoms with Crippen LogP contribution in [0.1, 0.15) is 33.1 Å². The average Bonchev–Trinajstić information content (AvgIpc) is 2.94. The summed E-state index contributed by atoms with van der Waals surface area (Å²) >= 11 is 0. The van der Waals surface area contributed by atoms with Crippen molar-refractivity contribution in [3.63, 3.8) is 0 Å². The number of hydrogen-bond acceptors (Lipinski definition) is 3. The van der Waals surface area contributed by atoms with Crippen molar-refractivity contribution in [2.75, 3.05) is 5.75 Å². The van der Waals surface area contributed by atoms with Gasteiger partial charge < -0.3 is 5.73 Å². The third-order valence-corrected chi connectivity index (χ3v) is 4.09. The summed E-state index contributed by atoms with van der Waals surface area (Å²) in [5, 5.41) is 7.37. The number of nitrogens with one attached hydrogen (secondary N) is 2. The first kappa shape index (κ1) is 13.4. The molecule has 1 rings (SSSR count). The Hall–Kier alpha value is -0.620. The second-order valence-corrected chi connectivity index (χ2v) is 6.76. The van der Waals surface area contributed by atoms with E-state index in [1.165, 1.54) is 0 Å². The van der Waals surface area contributed by atoms with Crippen LogP contribution in [0.15, 0.2) is 0 Å². The molecular weight excluding hydrogens is 226 g/mol. The molecule has 1 unspecified atom stereocenters. The number of sulfonamides is 1. The molecule has 0 saturated heterocycles. The number of hydrogen-bond donors (Lipinski definition) is 3. The van der Waals surface area contributed by atoms with E-state index < -0.39 is 16.1 Å². The van der Waals surface area contributed by atoms with Crippen molar-refractivity contribution >= 4 is 15.9 Å². The van der Waals surface area contributed by atoms with Crippen LogP contribution in [0.3, 0.4) is 0 Å². The minimum Gasteiger partial charge on any atom is -0.386 e. The zero-order valence-corrected chi connectivity index (χ0v) is 10.7. The lowest BCUT2D eigenvalue weighted by molar-refractivity contribution is 0.547. The Labute approximate surface area is 97.4 Å². The Balaban J connectivity index is 2.52.